The molecule has 1 heterocycles. The first kappa shape index (κ1) is 22.2. The Hall–Kier alpha value is -2.45. The second-order valence-corrected chi connectivity index (χ2v) is 10.1. The Balaban J connectivity index is 1.58. The molecule has 1 aliphatic rings. The molecule has 162 valence electrons. The maximum atomic E-state index is 12.8. The molecule has 1 aromatic heterocycles. The topological polar surface area (TPSA) is 100 Å². The van der Waals surface area contributed by atoms with Crippen LogP contribution in [0.1, 0.15) is 39.2 Å². The summed E-state index contributed by atoms with van der Waals surface area (Å²) in [5, 5.41) is 5.44. The van der Waals surface area contributed by atoms with Crippen molar-refractivity contribution in [3.63, 3.8) is 0 Å². The summed E-state index contributed by atoms with van der Waals surface area (Å²) >= 11 is 0. The van der Waals surface area contributed by atoms with Crippen LogP contribution in [-0.4, -0.2) is 25.5 Å². The van der Waals surface area contributed by atoms with Gasteiger partial charge in [0, 0.05) is 30.7 Å². The summed E-state index contributed by atoms with van der Waals surface area (Å²) in [6.07, 6.45) is 5.40. The molecule has 8 heteroatoms. The molecule has 1 aliphatic carbocycles. The van der Waals surface area contributed by atoms with Gasteiger partial charge in [0.2, 0.25) is 10.0 Å². The van der Waals surface area contributed by atoms with Gasteiger partial charge < -0.3 is 10.6 Å². The second-order valence-electron chi connectivity index (χ2n) is 8.37. The third kappa shape index (κ3) is 5.79. The van der Waals surface area contributed by atoms with Crippen LogP contribution in [0.4, 0.5) is 10.5 Å². The number of pyridine rings is 1. The second kappa shape index (κ2) is 9.57. The summed E-state index contributed by atoms with van der Waals surface area (Å²) in [6, 6.07) is 9.45. The van der Waals surface area contributed by atoms with Crippen LogP contribution in [0.2, 0.25) is 0 Å². The van der Waals surface area contributed by atoms with Gasteiger partial charge in [-0.2, -0.15) is 0 Å². The fraction of sp³-hybridized carbons (Fsp3) is 0.455. The summed E-state index contributed by atoms with van der Waals surface area (Å²) in [5.41, 5.74) is 1.41. The average Bonchev–Trinajstić information content (AvgIpc) is 2.70. The lowest BCUT2D eigenvalue weighted by molar-refractivity contribution is 0.182. The maximum absolute atomic E-state index is 12.8. The number of nitrogens with one attached hydrogen (secondary N) is 3. The Labute approximate surface area is 178 Å². The van der Waals surface area contributed by atoms with Crippen molar-refractivity contribution in [3.8, 4) is 0 Å². The van der Waals surface area contributed by atoms with Gasteiger partial charge in [-0.3, -0.25) is 4.98 Å². The molecule has 3 rings (SSSR count). The Morgan fingerprint density at radius 3 is 2.33 bits per heavy atom. The number of rotatable bonds is 6. The zero-order valence-electron chi connectivity index (χ0n) is 17.6. The van der Waals surface area contributed by atoms with Gasteiger partial charge in [0.25, 0.3) is 0 Å². The van der Waals surface area contributed by atoms with Gasteiger partial charge in [0.05, 0.1) is 4.90 Å². The molecule has 0 spiro atoms. The van der Waals surface area contributed by atoms with E-state index in [1.54, 1.807) is 30.6 Å². The van der Waals surface area contributed by atoms with Crippen LogP contribution in [0, 0.1) is 17.8 Å². The van der Waals surface area contributed by atoms with Gasteiger partial charge >= 0.3 is 6.03 Å². The molecule has 7 nitrogen and oxygen atoms in total. The van der Waals surface area contributed by atoms with Crippen molar-refractivity contribution in [3.05, 3.63) is 54.4 Å². The van der Waals surface area contributed by atoms with Gasteiger partial charge in [0.15, 0.2) is 0 Å². The van der Waals surface area contributed by atoms with Crippen LogP contribution in [0.3, 0.4) is 0 Å². The number of aromatic nitrogens is 1. The molecule has 2 aromatic rings. The van der Waals surface area contributed by atoms with Crippen LogP contribution in [0.15, 0.2) is 53.7 Å². The van der Waals surface area contributed by atoms with E-state index < -0.39 is 10.0 Å². The number of hydrogen-bond acceptors (Lipinski definition) is 4. The summed E-state index contributed by atoms with van der Waals surface area (Å²) in [5.74, 6) is 1.20. The minimum Gasteiger partial charge on any atom is -0.334 e. The fourth-order valence-electron chi connectivity index (χ4n) is 4.28. The SMILES string of the molecule is CC1CC(C)C(NS(=O)(=O)c2ccc(NC(=O)NCc3cccnc3)cc2)C(C)C1. The van der Waals surface area contributed by atoms with E-state index in [2.05, 4.69) is 41.1 Å². The Bertz CT molecular complexity index is 936. The van der Waals surface area contributed by atoms with Gasteiger partial charge in [-0.1, -0.05) is 26.8 Å². The third-order valence-corrected chi connectivity index (χ3v) is 7.14. The molecule has 1 fully saturated rings. The van der Waals surface area contributed by atoms with E-state index >= 15 is 0 Å². The van der Waals surface area contributed by atoms with E-state index in [4.69, 9.17) is 0 Å². The van der Waals surface area contributed by atoms with Crippen molar-refractivity contribution in [2.24, 2.45) is 17.8 Å². The number of urea groups is 1. The first-order valence-electron chi connectivity index (χ1n) is 10.3. The number of amides is 2. The quantitative estimate of drug-likeness (QED) is 0.650. The highest BCUT2D eigenvalue weighted by Crippen LogP contribution is 2.33. The maximum Gasteiger partial charge on any atom is 0.319 e. The molecule has 0 radical (unpaired) electrons. The molecule has 1 aromatic carbocycles. The van der Waals surface area contributed by atoms with Gasteiger partial charge in [-0.05, 0) is 66.5 Å². The van der Waals surface area contributed by atoms with Crippen LogP contribution in [-0.2, 0) is 16.6 Å². The molecular weight excluding hydrogens is 400 g/mol. The number of hydrogen-bond donors (Lipinski definition) is 3. The molecule has 0 saturated heterocycles. The van der Waals surface area contributed by atoms with E-state index in [-0.39, 0.29) is 17.0 Å². The standard InChI is InChI=1S/C22H30N4O3S/c1-15-11-16(2)21(17(3)12-15)26-30(28,29)20-8-6-19(7-9-20)25-22(27)24-14-18-5-4-10-23-13-18/h4-10,13,15-17,21,26H,11-12,14H2,1-3H3,(H2,24,25,27). The first-order chi connectivity index (χ1) is 14.2. The Morgan fingerprint density at radius 1 is 1.07 bits per heavy atom. The van der Waals surface area contributed by atoms with Gasteiger partial charge in [-0.25, -0.2) is 17.9 Å². The number of benzene rings is 1. The van der Waals surface area contributed by atoms with E-state index in [9.17, 15) is 13.2 Å². The predicted octanol–water partition coefficient (Wildman–Crippen LogP) is 3.75. The lowest BCUT2D eigenvalue weighted by Gasteiger charge is -2.38. The molecule has 1 saturated carbocycles. The lowest BCUT2D eigenvalue weighted by atomic mass is 9.74. The lowest BCUT2D eigenvalue weighted by Crippen LogP contribution is -2.47. The zero-order valence-corrected chi connectivity index (χ0v) is 18.4. The molecule has 2 amide bonds. The predicted molar refractivity (Wildman–Crippen MR) is 117 cm³/mol. The number of carbonyl (C=O) groups excluding carboxylic acids is 1. The minimum atomic E-state index is -3.62. The molecule has 2 unspecified atom stereocenters. The number of sulfonamides is 1. The van der Waals surface area contributed by atoms with Crippen molar-refractivity contribution >= 4 is 21.7 Å². The van der Waals surface area contributed by atoms with Crippen LogP contribution in [0.5, 0.6) is 0 Å². The van der Waals surface area contributed by atoms with Crippen molar-refractivity contribution in [2.45, 2.75) is 51.1 Å². The molecule has 0 aliphatic heterocycles. The normalized spacial score (nSPS) is 24.2. The molecular formula is C22H30N4O3S. The highest BCUT2D eigenvalue weighted by atomic mass is 32.2. The molecule has 30 heavy (non-hydrogen) atoms. The molecule has 3 N–H and O–H groups in total. The average molecular weight is 431 g/mol. The summed E-state index contributed by atoms with van der Waals surface area (Å²) in [6.45, 7) is 6.79. The van der Waals surface area contributed by atoms with Crippen molar-refractivity contribution in [1.82, 2.24) is 15.0 Å². The van der Waals surface area contributed by atoms with E-state index in [1.807, 2.05) is 6.07 Å². The molecule has 2 atom stereocenters. The van der Waals surface area contributed by atoms with Gasteiger partial charge in [-0.15, -0.1) is 0 Å². The van der Waals surface area contributed by atoms with Gasteiger partial charge in [0.1, 0.15) is 0 Å². The van der Waals surface area contributed by atoms with E-state index in [0.29, 0.717) is 30.0 Å². The minimum absolute atomic E-state index is 0.0674. The van der Waals surface area contributed by atoms with E-state index in [0.717, 1.165) is 18.4 Å². The monoisotopic (exact) mass is 430 g/mol. The van der Waals surface area contributed by atoms with Crippen molar-refractivity contribution in [2.75, 3.05) is 5.32 Å². The third-order valence-electron chi connectivity index (χ3n) is 5.66. The highest BCUT2D eigenvalue weighted by Gasteiger charge is 2.34. The molecule has 0 bridgehead atoms. The Morgan fingerprint density at radius 2 is 1.73 bits per heavy atom. The highest BCUT2D eigenvalue weighted by molar-refractivity contribution is 7.89. The van der Waals surface area contributed by atoms with Crippen molar-refractivity contribution in [1.29, 1.82) is 0 Å². The Kier molecular flexibility index (Phi) is 7.10. The zero-order chi connectivity index (χ0) is 21.7. The van der Waals surface area contributed by atoms with Crippen LogP contribution < -0.4 is 15.4 Å². The van der Waals surface area contributed by atoms with Crippen LogP contribution in [0.25, 0.3) is 0 Å². The smallest absolute Gasteiger partial charge is 0.319 e. The number of anilines is 1. The largest absolute Gasteiger partial charge is 0.334 e. The first-order valence-corrected chi connectivity index (χ1v) is 11.8. The van der Waals surface area contributed by atoms with Crippen molar-refractivity contribution < 1.29 is 13.2 Å². The summed E-state index contributed by atoms with van der Waals surface area (Å²) in [7, 11) is -3.62. The number of nitrogens with zero attached hydrogens (tertiary/aromatic N) is 1. The van der Waals surface area contributed by atoms with Crippen LogP contribution >= 0.6 is 0 Å². The fourth-order valence-corrected chi connectivity index (χ4v) is 5.73. The summed E-state index contributed by atoms with van der Waals surface area (Å²) < 4.78 is 28.6. The summed E-state index contributed by atoms with van der Waals surface area (Å²) in [4.78, 5) is 16.3. The number of carbonyl (C=O) groups is 1. The van der Waals surface area contributed by atoms with E-state index in [1.165, 1.54) is 12.1 Å².